The Labute approximate surface area is 90.8 Å². The highest BCUT2D eigenvalue weighted by molar-refractivity contribution is 5.76. The molecule has 0 aromatic heterocycles. The predicted molar refractivity (Wildman–Crippen MR) is 57.0 cm³/mol. The Hall–Kier alpha value is -0.610. The molecule has 2 rings (SSSR count). The molecule has 1 saturated heterocycles. The Balaban J connectivity index is 2.01. The second-order valence-corrected chi connectivity index (χ2v) is 4.69. The van der Waals surface area contributed by atoms with E-state index < -0.39 is 0 Å². The summed E-state index contributed by atoms with van der Waals surface area (Å²) in [7, 11) is 0. The zero-order valence-corrected chi connectivity index (χ0v) is 9.35. The van der Waals surface area contributed by atoms with Crippen LogP contribution in [0.4, 0.5) is 0 Å². The molecule has 1 heterocycles. The fraction of sp³-hybridized carbons (Fsp3) is 0.909. The number of amides is 1. The molecule has 15 heavy (non-hydrogen) atoms. The lowest BCUT2D eigenvalue weighted by Gasteiger charge is -2.47. The maximum absolute atomic E-state index is 11.8. The fourth-order valence-electron chi connectivity index (χ4n) is 2.34. The zero-order valence-electron chi connectivity index (χ0n) is 9.35. The van der Waals surface area contributed by atoms with Crippen molar-refractivity contribution in [2.75, 3.05) is 13.1 Å². The second-order valence-electron chi connectivity index (χ2n) is 4.69. The summed E-state index contributed by atoms with van der Waals surface area (Å²) < 4.78 is 0. The molecule has 1 aliphatic heterocycles. The van der Waals surface area contributed by atoms with Gasteiger partial charge in [0.05, 0.1) is 6.10 Å². The smallest absolute Gasteiger partial charge is 0.237 e. The van der Waals surface area contributed by atoms with Crippen molar-refractivity contribution in [1.29, 1.82) is 0 Å². The standard InChI is InChI=1S/C11H20N2O2/c1-9(14)8-12-7-3-6-11(15)13(12)10-4-2-5-10/h9-10,14H,2-8H2,1H3. The van der Waals surface area contributed by atoms with E-state index in [1.54, 1.807) is 6.92 Å². The normalized spacial score (nSPS) is 26.5. The molecule has 4 nitrogen and oxygen atoms in total. The molecule has 1 aliphatic carbocycles. The van der Waals surface area contributed by atoms with Crippen molar-refractivity contribution < 1.29 is 9.90 Å². The van der Waals surface area contributed by atoms with E-state index in [1.165, 1.54) is 6.42 Å². The Morgan fingerprint density at radius 3 is 2.73 bits per heavy atom. The van der Waals surface area contributed by atoms with Crippen LogP contribution in [-0.2, 0) is 4.79 Å². The lowest BCUT2D eigenvalue weighted by molar-refractivity contribution is -0.170. The first-order chi connectivity index (χ1) is 7.18. The third kappa shape index (κ3) is 2.32. The molecule has 1 atom stereocenters. The molecule has 0 spiro atoms. The first-order valence-electron chi connectivity index (χ1n) is 5.93. The molecular weight excluding hydrogens is 192 g/mol. The van der Waals surface area contributed by atoms with E-state index in [9.17, 15) is 9.90 Å². The number of β-amino-alcohol motifs (C(OH)–C–C–N with tert-alkyl or cyclic N) is 1. The van der Waals surface area contributed by atoms with Crippen LogP contribution in [0.15, 0.2) is 0 Å². The van der Waals surface area contributed by atoms with Crippen LogP contribution in [0.5, 0.6) is 0 Å². The van der Waals surface area contributed by atoms with Crippen molar-refractivity contribution in [1.82, 2.24) is 10.0 Å². The predicted octanol–water partition coefficient (Wildman–Crippen LogP) is 0.759. The number of hydrogen-bond donors (Lipinski definition) is 1. The van der Waals surface area contributed by atoms with Crippen LogP contribution < -0.4 is 0 Å². The minimum absolute atomic E-state index is 0.242. The van der Waals surface area contributed by atoms with Gasteiger partial charge < -0.3 is 5.11 Å². The fourth-order valence-corrected chi connectivity index (χ4v) is 2.34. The number of hydrogen-bond acceptors (Lipinski definition) is 3. The van der Waals surface area contributed by atoms with E-state index in [0.29, 0.717) is 19.0 Å². The Morgan fingerprint density at radius 2 is 2.20 bits per heavy atom. The maximum Gasteiger partial charge on any atom is 0.237 e. The summed E-state index contributed by atoms with van der Waals surface area (Å²) in [6.07, 6.45) is 4.72. The van der Waals surface area contributed by atoms with Gasteiger partial charge in [-0.25, -0.2) is 5.01 Å². The number of carbonyl (C=O) groups is 1. The van der Waals surface area contributed by atoms with Crippen molar-refractivity contribution in [2.24, 2.45) is 0 Å². The molecular formula is C11H20N2O2. The summed E-state index contributed by atoms with van der Waals surface area (Å²) in [5, 5.41) is 13.4. The van der Waals surface area contributed by atoms with Gasteiger partial charge in [-0.15, -0.1) is 0 Å². The molecule has 1 N–H and O–H groups in total. The van der Waals surface area contributed by atoms with E-state index in [0.717, 1.165) is 25.8 Å². The van der Waals surface area contributed by atoms with Crippen LogP contribution in [0.3, 0.4) is 0 Å². The summed E-state index contributed by atoms with van der Waals surface area (Å²) in [6, 6.07) is 0.413. The van der Waals surface area contributed by atoms with E-state index in [-0.39, 0.29) is 12.0 Å². The number of carbonyl (C=O) groups excluding carboxylic acids is 1. The van der Waals surface area contributed by atoms with Gasteiger partial charge in [0.15, 0.2) is 0 Å². The molecule has 2 aliphatic rings. The quantitative estimate of drug-likeness (QED) is 0.751. The summed E-state index contributed by atoms with van der Waals surface area (Å²) in [6.45, 7) is 3.27. The van der Waals surface area contributed by atoms with E-state index in [1.807, 2.05) is 10.0 Å². The van der Waals surface area contributed by atoms with Gasteiger partial charge in [-0.2, -0.15) is 0 Å². The van der Waals surface area contributed by atoms with Crippen molar-refractivity contribution in [2.45, 2.75) is 51.2 Å². The van der Waals surface area contributed by atoms with Crippen LogP contribution in [0.1, 0.15) is 39.0 Å². The van der Waals surface area contributed by atoms with Gasteiger partial charge in [-0.1, -0.05) is 0 Å². The van der Waals surface area contributed by atoms with E-state index in [2.05, 4.69) is 0 Å². The van der Waals surface area contributed by atoms with Crippen LogP contribution in [0, 0.1) is 0 Å². The van der Waals surface area contributed by atoms with Crippen molar-refractivity contribution in [3.8, 4) is 0 Å². The summed E-state index contributed by atoms with van der Waals surface area (Å²) >= 11 is 0. The number of aliphatic hydroxyl groups excluding tert-OH is 1. The summed E-state index contributed by atoms with van der Waals surface area (Å²) in [5.41, 5.74) is 0. The van der Waals surface area contributed by atoms with Gasteiger partial charge in [0.25, 0.3) is 0 Å². The molecule has 1 saturated carbocycles. The largest absolute Gasteiger partial charge is 0.392 e. The molecule has 2 fully saturated rings. The Morgan fingerprint density at radius 1 is 1.47 bits per heavy atom. The van der Waals surface area contributed by atoms with Gasteiger partial charge in [-0.05, 0) is 32.6 Å². The van der Waals surface area contributed by atoms with Crippen molar-refractivity contribution in [3.05, 3.63) is 0 Å². The Bertz CT molecular complexity index is 239. The lowest BCUT2D eigenvalue weighted by atomic mass is 9.91. The summed E-state index contributed by atoms with van der Waals surface area (Å²) in [5.74, 6) is 0.242. The molecule has 0 aromatic rings. The SMILES string of the molecule is CC(O)CN1CCCC(=O)N1C1CCC1. The molecule has 0 aromatic carbocycles. The second kappa shape index (κ2) is 4.49. The molecule has 86 valence electrons. The lowest BCUT2D eigenvalue weighted by Crippen LogP contribution is -2.58. The van der Waals surface area contributed by atoms with Gasteiger partial charge in [0.1, 0.15) is 0 Å². The molecule has 1 amide bonds. The average molecular weight is 212 g/mol. The van der Waals surface area contributed by atoms with E-state index >= 15 is 0 Å². The molecule has 4 heteroatoms. The average Bonchev–Trinajstić information content (AvgIpc) is 2.06. The zero-order chi connectivity index (χ0) is 10.8. The van der Waals surface area contributed by atoms with Crippen LogP contribution >= 0.6 is 0 Å². The number of nitrogens with zero attached hydrogens (tertiary/aromatic N) is 2. The third-order valence-corrected chi connectivity index (χ3v) is 3.26. The number of hydrazine groups is 1. The van der Waals surface area contributed by atoms with Crippen LogP contribution in [-0.4, -0.2) is 46.3 Å². The minimum Gasteiger partial charge on any atom is -0.392 e. The van der Waals surface area contributed by atoms with Gasteiger partial charge in [0, 0.05) is 25.6 Å². The third-order valence-electron chi connectivity index (χ3n) is 3.26. The first-order valence-corrected chi connectivity index (χ1v) is 5.93. The van der Waals surface area contributed by atoms with Gasteiger partial charge in [0.2, 0.25) is 5.91 Å². The number of aliphatic hydroxyl groups is 1. The van der Waals surface area contributed by atoms with Gasteiger partial charge in [-0.3, -0.25) is 9.80 Å². The van der Waals surface area contributed by atoms with Gasteiger partial charge >= 0.3 is 0 Å². The maximum atomic E-state index is 11.8. The molecule has 0 radical (unpaired) electrons. The first kappa shape index (κ1) is 10.9. The van der Waals surface area contributed by atoms with Crippen LogP contribution in [0.2, 0.25) is 0 Å². The summed E-state index contributed by atoms with van der Waals surface area (Å²) in [4.78, 5) is 11.8. The van der Waals surface area contributed by atoms with Crippen molar-refractivity contribution in [3.63, 3.8) is 0 Å². The Kier molecular flexibility index (Phi) is 3.26. The molecule has 1 unspecified atom stereocenters. The van der Waals surface area contributed by atoms with E-state index in [4.69, 9.17) is 0 Å². The topological polar surface area (TPSA) is 43.8 Å². The van der Waals surface area contributed by atoms with Crippen LogP contribution in [0.25, 0.3) is 0 Å². The monoisotopic (exact) mass is 212 g/mol. The highest BCUT2D eigenvalue weighted by Gasteiger charge is 2.35. The minimum atomic E-state index is -0.363. The highest BCUT2D eigenvalue weighted by atomic mass is 16.3. The van der Waals surface area contributed by atoms with Crippen molar-refractivity contribution >= 4 is 5.91 Å². The molecule has 0 bridgehead atoms. The number of rotatable bonds is 3. The highest BCUT2D eigenvalue weighted by Crippen LogP contribution is 2.29.